The number of halogens is 1. The first-order chi connectivity index (χ1) is 10.9. The minimum absolute atomic E-state index is 0.301. The van der Waals surface area contributed by atoms with Crippen LogP contribution in [0.4, 0.5) is 4.39 Å². The van der Waals surface area contributed by atoms with E-state index in [1.807, 2.05) is 42.5 Å². The number of carbonyl (C=O) groups is 1. The van der Waals surface area contributed by atoms with Crippen molar-refractivity contribution < 1.29 is 13.9 Å². The van der Waals surface area contributed by atoms with Crippen molar-refractivity contribution in [2.24, 2.45) is 5.41 Å². The number of ether oxygens (including phenoxy) is 1. The fraction of sp³-hybridized carbons (Fsp3) is 0.250. The Morgan fingerprint density at radius 3 is 2.22 bits per heavy atom. The molecule has 2 nitrogen and oxygen atoms in total. The Labute approximate surface area is 136 Å². The zero-order valence-corrected chi connectivity index (χ0v) is 13.6. The molecule has 0 aromatic heterocycles. The van der Waals surface area contributed by atoms with E-state index in [1.54, 1.807) is 32.9 Å². The molecule has 0 aliphatic rings. The highest BCUT2D eigenvalue weighted by Crippen LogP contribution is 2.25. The second-order valence-corrected chi connectivity index (χ2v) is 6.40. The molecular formula is C20H21FO2. The molecule has 0 amide bonds. The molecule has 0 spiro atoms. The predicted octanol–water partition coefficient (Wildman–Crippen LogP) is 5.17. The van der Waals surface area contributed by atoms with Crippen LogP contribution in [0.1, 0.15) is 38.0 Å². The molecule has 0 saturated carbocycles. The van der Waals surface area contributed by atoms with Gasteiger partial charge in [0, 0.05) is 0 Å². The molecular weight excluding hydrogens is 291 g/mol. The fourth-order valence-electron chi connectivity index (χ4n) is 1.93. The van der Waals surface area contributed by atoms with Crippen LogP contribution in [0.25, 0.3) is 6.08 Å². The molecule has 2 aromatic carbocycles. The van der Waals surface area contributed by atoms with Gasteiger partial charge in [0.2, 0.25) is 0 Å². The molecule has 3 heteroatoms. The van der Waals surface area contributed by atoms with Crippen LogP contribution < -0.4 is 0 Å². The molecule has 0 aliphatic heterocycles. The van der Waals surface area contributed by atoms with E-state index >= 15 is 0 Å². The summed E-state index contributed by atoms with van der Waals surface area (Å²) in [6, 6.07) is 15.7. The first-order valence-corrected chi connectivity index (χ1v) is 7.56. The average Bonchev–Trinajstić information content (AvgIpc) is 2.52. The van der Waals surface area contributed by atoms with Gasteiger partial charge in [0.15, 0.2) is 0 Å². The molecule has 1 unspecified atom stereocenters. The summed E-state index contributed by atoms with van der Waals surface area (Å²) in [5.74, 6) is -0.619. The number of hydrogen-bond donors (Lipinski definition) is 0. The van der Waals surface area contributed by atoms with E-state index in [9.17, 15) is 9.18 Å². The van der Waals surface area contributed by atoms with E-state index in [0.717, 1.165) is 11.1 Å². The first-order valence-electron chi connectivity index (χ1n) is 7.56. The maximum absolute atomic E-state index is 13.1. The Hall–Kier alpha value is -2.42. The van der Waals surface area contributed by atoms with E-state index in [-0.39, 0.29) is 11.8 Å². The molecule has 1 atom stereocenters. The van der Waals surface area contributed by atoms with Gasteiger partial charge >= 0.3 is 5.97 Å². The fourth-order valence-corrected chi connectivity index (χ4v) is 1.93. The van der Waals surface area contributed by atoms with Crippen molar-refractivity contribution in [1.82, 2.24) is 0 Å². The third-order valence-electron chi connectivity index (χ3n) is 3.31. The van der Waals surface area contributed by atoms with Crippen molar-refractivity contribution in [2.45, 2.75) is 26.9 Å². The van der Waals surface area contributed by atoms with Crippen LogP contribution in [0.15, 0.2) is 60.7 Å². The van der Waals surface area contributed by atoms with Crippen molar-refractivity contribution >= 4 is 12.0 Å². The maximum atomic E-state index is 13.1. The van der Waals surface area contributed by atoms with Gasteiger partial charge in [0.05, 0.1) is 5.41 Å². The van der Waals surface area contributed by atoms with Crippen LogP contribution in [0.3, 0.4) is 0 Å². The molecule has 0 radical (unpaired) electrons. The van der Waals surface area contributed by atoms with Crippen LogP contribution in [0, 0.1) is 11.2 Å². The Balaban J connectivity index is 2.26. The van der Waals surface area contributed by atoms with Gasteiger partial charge in [-0.15, -0.1) is 0 Å². The largest absolute Gasteiger partial charge is 0.453 e. The van der Waals surface area contributed by atoms with E-state index in [0.29, 0.717) is 0 Å². The lowest BCUT2D eigenvalue weighted by Crippen LogP contribution is -2.24. The highest BCUT2D eigenvalue weighted by Gasteiger charge is 2.26. The lowest BCUT2D eigenvalue weighted by atomic mass is 9.97. The summed E-state index contributed by atoms with van der Waals surface area (Å²) in [6.07, 6.45) is 3.15. The topological polar surface area (TPSA) is 26.3 Å². The third-order valence-corrected chi connectivity index (χ3v) is 3.31. The van der Waals surface area contributed by atoms with E-state index in [2.05, 4.69) is 0 Å². The molecule has 0 fully saturated rings. The van der Waals surface area contributed by atoms with Gasteiger partial charge in [0.25, 0.3) is 0 Å². The molecule has 0 heterocycles. The highest BCUT2D eigenvalue weighted by atomic mass is 19.1. The highest BCUT2D eigenvalue weighted by molar-refractivity contribution is 5.76. The number of benzene rings is 2. The quantitative estimate of drug-likeness (QED) is 0.728. The van der Waals surface area contributed by atoms with Crippen molar-refractivity contribution in [1.29, 1.82) is 0 Å². The average molecular weight is 312 g/mol. The van der Waals surface area contributed by atoms with E-state index < -0.39 is 11.5 Å². The van der Waals surface area contributed by atoms with Crippen LogP contribution in [-0.4, -0.2) is 5.97 Å². The summed E-state index contributed by atoms with van der Waals surface area (Å²) in [5.41, 5.74) is 1.14. The summed E-state index contributed by atoms with van der Waals surface area (Å²) in [7, 11) is 0. The molecule has 0 aliphatic carbocycles. The van der Waals surface area contributed by atoms with Crippen LogP contribution in [0.2, 0.25) is 0 Å². The number of esters is 1. The summed E-state index contributed by atoms with van der Waals surface area (Å²) >= 11 is 0. The molecule has 0 N–H and O–H groups in total. The van der Waals surface area contributed by atoms with Gasteiger partial charge < -0.3 is 4.74 Å². The summed E-state index contributed by atoms with van der Waals surface area (Å²) in [5, 5.41) is 0. The monoisotopic (exact) mass is 312 g/mol. The lowest BCUT2D eigenvalue weighted by molar-refractivity contribution is -0.156. The van der Waals surface area contributed by atoms with Gasteiger partial charge in [-0.05, 0) is 50.1 Å². The van der Waals surface area contributed by atoms with Crippen molar-refractivity contribution in [3.63, 3.8) is 0 Å². The van der Waals surface area contributed by atoms with E-state index in [1.165, 1.54) is 12.1 Å². The van der Waals surface area contributed by atoms with Crippen molar-refractivity contribution in [3.05, 3.63) is 77.6 Å². The zero-order chi connectivity index (χ0) is 16.9. The Kier molecular flexibility index (Phi) is 5.32. The standard InChI is InChI=1S/C20H21FO2/c1-20(2,3)19(22)23-18(16-10-12-17(21)13-11-16)14-9-15-7-5-4-6-8-15/h4-14,18H,1-3H3/b14-9+. The molecule has 0 saturated heterocycles. The molecule has 2 rings (SSSR count). The summed E-state index contributed by atoms with van der Waals surface area (Å²) < 4.78 is 18.7. The van der Waals surface area contributed by atoms with Crippen LogP contribution in [0.5, 0.6) is 0 Å². The molecule has 23 heavy (non-hydrogen) atoms. The normalized spacial score (nSPS) is 13.0. The Morgan fingerprint density at radius 2 is 1.65 bits per heavy atom. The Bertz CT molecular complexity index is 667. The predicted molar refractivity (Wildman–Crippen MR) is 90.2 cm³/mol. The molecule has 120 valence electrons. The van der Waals surface area contributed by atoms with Crippen molar-refractivity contribution in [3.8, 4) is 0 Å². The van der Waals surface area contributed by atoms with Gasteiger partial charge in [-0.2, -0.15) is 0 Å². The smallest absolute Gasteiger partial charge is 0.312 e. The lowest BCUT2D eigenvalue weighted by Gasteiger charge is -2.21. The maximum Gasteiger partial charge on any atom is 0.312 e. The number of carbonyl (C=O) groups excluding carboxylic acids is 1. The molecule has 2 aromatic rings. The molecule has 0 bridgehead atoms. The van der Waals surface area contributed by atoms with E-state index in [4.69, 9.17) is 4.74 Å². The zero-order valence-electron chi connectivity index (χ0n) is 13.6. The van der Waals surface area contributed by atoms with Crippen LogP contribution in [-0.2, 0) is 9.53 Å². The van der Waals surface area contributed by atoms with Gasteiger partial charge in [-0.25, -0.2) is 4.39 Å². The number of rotatable bonds is 4. The SMILES string of the molecule is CC(C)(C)C(=O)OC(/C=C/c1ccccc1)c1ccc(F)cc1. The van der Waals surface area contributed by atoms with Gasteiger partial charge in [0.1, 0.15) is 11.9 Å². The van der Waals surface area contributed by atoms with Crippen LogP contribution >= 0.6 is 0 Å². The minimum atomic E-state index is -0.598. The summed E-state index contributed by atoms with van der Waals surface area (Å²) in [4.78, 5) is 12.2. The minimum Gasteiger partial charge on any atom is -0.453 e. The Morgan fingerprint density at radius 1 is 1.04 bits per heavy atom. The second-order valence-electron chi connectivity index (χ2n) is 6.40. The second kappa shape index (κ2) is 7.23. The first kappa shape index (κ1) is 16.9. The van der Waals surface area contributed by atoms with Gasteiger partial charge in [-0.1, -0.05) is 48.5 Å². The number of hydrogen-bond acceptors (Lipinski definition) is 2. The van der Waals surface area contributed by atoms with Crippen molar-refractivity contribution in [2.75, 3.05) is 0 Å². The van der Waals surface area contributed by atoms with Gasteiger partial charge in [-0.3, -0.25) is 4.79 Å². The summed E-state index contributed by atoms with van der Waals surface area (Å²) in [6.45, 7) is 5.41. The third kappa shape index (κ3) is 5.06.